The highest BCUT2D eigenvalue weighted by atomic mass is 16.6. The van der Waals surface area contributed by atoms with E-state index in [9.17, 15) is 9.59 Å². The topological polar surface area (TPSA) is 61.8 Å². The average molecular weight is 266 g/mol. The Morgan fingerprint density at radius 3 is 2.53 bits per heavy atom. The van der Waals surface area contributed by atoms with Gasteiger partial charge in [0.1, 0.15) is 5.75 Å². The van der Waals surface area contributed by atoms with E-state index in [2.05, 4.69) is 0 Å². The smallest absolute Gasteiger partial charge is 0.352 e. The van der Waals surface area contributed by atoms with Gasteiger partial charge in [0, 0.05) is 12.5 Å². The van der Waals surface area contributed by atoms with Crippen LogP contribution in [0.1, 0.15) is 31.1 Å². The quantitative estimate of drug-likeness (QED) is 0.764. The van der Waals surface area contributed by atoms with Crippen LogP contribution < -0.4 is 4.74 Å². The zero-order chi connectivity index (χ0) is 14.4. The van der Waals surface area contributed by atoms with Crippen molar-refractivity contribution in [3.63, 3.8) is 0 Å². The van der Waals surface area contributed by atoms with Crippen molar-refractivity contribution in [1.29, 1.82) is 0 Å². The van der Waals surface area contributed by atoms with Gasteiger partial charge in [0.05, 0.1) is 13.7 Å². The molecule has 1 atom stereocenters. The fourth-order valence-electron chi connectivity index (χ4n) is 1.68. The summed E-state index contributed by atoms with van der Waals surface area (Å²) < 4.78 is 15.2. The molecule has 0 aliphatic rings. The zero-order valence-corrected chi connectivity index (χ0v) is 11.6. The second-order valence-corrected chi connectivity index (χ2v) is 3.99. The number of rotatable bonds is 5. The molecule has 0 bridgehead atoms. The van der Waals surface area contributed by atoms with Crippen LogP contribution in [-0.4, -0.2) is 25.7 Å². The van der Waals surface area contributed by atoms with Gasteiger partial charge in [-0.15, -0.1) is 0 Å². The first-order valence-corrected chi connectivity index (χ1v) is 5.98. The van der Waals surface area contributed by atoms with E-state index in [1.54, 1.807) is 19.1 Å². The highest BCUT2D eigenvalue weighted by Gasteiger charge is 2.28. The van der Waals surface area contributed by atoms with Crippen molar-refractivity contribution < 1.29 is 23.8 Å². The molecular formula is C14H18O5. The van der Waals surface area contributed by atoms with Crippen LogP contribution in [-0.2, 0) is 19.1 Å². The minimum absolute atomic E-state index is 0.213. The summed E-state index contributed by atoms with van der Waals surface area (Å²) in [6, 6.07) is 5.31. The van der Waals surface area contributed by atoms with Crippen molar-refractivity contribution in [2.45, 2.75) is 26.9 Å². The number of hydrogen-bond acceptors (Lipinski definition) is 5. The van der Waals surface area contributed by atoms with Crippen LogP contribution in [0.15, 0.2) is 18.2 Å². The van der Waals surface area contributed by atoms with Crippen molar-refractivity contribution in [2.24, 2.45) is 0 Å². The molecule has 0 heterocycles. The second kappa shape index (κ2) is 6.78. The molecule has 1 rings (SSSR count). The Morgan fingerprint density at radius 1 is 1.32 bits per heavy atom. The van der Waals surface area contributed by atoms with E-state index in [0.29, 0.717) is 11.3 Å². The van der Waals surface area contributed by atoms with Crippen LogP contribution in [0.25, 0.3) is 0 Å². The highest BCUT2D eigenvalue weighted by Crippen LogP contribution is 2.29. The van der Waals surface area contributed by atoms with Crippen molar-refractivity contribution in [3.05, 3.63) is 29.3 Å². The van der Waals surface area contributed by atoms with Gasteiger partial charge in [-0.2, -0.15) is 0 Å². The Labute approximate surface area is 112 Å². The number of aryl methyl sites for hydroxylation is 1. The summed E-state index contributed by atoms with van der Waals surface area (Å²) in [5, 5.41) is 0. The predicted molar refractivity (Wildman–Crippen MR) is 68.9 cm³/mol. The van der Waals surface area contributed by atoms with E-state index >= 15 is 0 Å². The molecule has 0 aromatic heterocycles. The van der Waals surface area contributed by atoms with E-state index in [1.807, 2.05) is 13.0 Å². The number of hydrogen-bond donors (Lipinski definition) is 0. The summed E-state index contributed by atoms with van der Waals surface area (Å²) in [5.41, 5.74) is 1.41. The number of esters is 2. The van der Waals surface area contributed by atoms with Gasteiger partial charge in [0.15, 0.2) is 0 Å². The maximum atomic E-state index is 11.9. The number of methoxy groups -OCH3 is 1. The molecule has 0 saturated carbocycles. The molecule has 104 valence electrons. The minimum Gasteiger partial charge on any atom is -0.496 e. The summed E-state index contributed by atoms with van der Waals surface area (Å²) in [6.07, 6.45) is -1.10. The van der Waals surface area contributed by atoms with Crippen molar-refractivity contribution in [2.75, 3.05) is 13.7 Å². The lowest BCUT2D eigenvalue weighted by atomic mass is 10.0. The highest BCUT2D eigenvalue weighted by molar-refractivity contribution is 5.81. The van der Waals surface area contributed by atoms with Crippen LogP contribution in [0.4, 0.5) is 0 Å². The SMILES string of the molecule is CCOC(=O)[C@@H](OC(C)=O)c1cc(C)ccc1OC. The largest absolute Gasteiger partial charge is 0.496 e. The fraction of sp³-hybridized carbons (Fsp3) is 0.429. The summed E-state index contributed by atoms with van der Waals surface area (Å²) in [6.45, 7) is 5.02. The molecule has 0 amide bonds. The molecule has 5 heteroatoms. The molecule has 0 N–H and O–H groups in total. The van der Waals surface area contributed by atoms with Gasteiger partial charge < -0.3 is 14.2 Å². The molecule has 5 nitrogen and oxygen atoms in total. The average Bonchev–Trinajstić information content (AvgIpc) is 2.36. The van der Waals surface area contributed by atoms with Crippen LogP contribution in [0.2, 0.25) is 0 Å². The number of carbonyl (C=O) groups is 2. The number of ether oxygens (including phenoxy) is 3. The molecule has 0 spiro atoms. The molecule has 0 saturated heterocycles. The van der Waals surface area contributed by atoms with E-state index in [1.165, 1.54) is 14.0 Å². The first-order valence-electron chi connectivity index (χ1n) is 5.98. The number of carbonyl (C=O) groups excluding carboxylic acids is 2. The molecule has 1 aromatic carbocycles. The van der Waals surface area contributed by atoms with E-state index < -0.39 is 18.0 Å². The molecule has 19 heavy (non-hydrogen) atoms. The van der Waals surface area contributed by atoms with Crippen molar-refractivity contribution >= 4 is 11.9 Å². The zero-order valence-electron chi connectivity index (χ0n) is 11.6. The van der Waals surface area contributed by atoms with Gasteiger partial charge in [-0.3, -0.25) is 4.79 Å². The van der Waals surface area contributed by atoms with Gasteiger partial charge in [0.25, 0.3) is 0 Å². The third-order valence-corrected chi connectivity index (χ3v) is 2.45. The third kappa shape index (κ3) is 3.98. The monoisotopic (exact) mass is 266 g/mol. The Morgan fingerprint density at radius 2 is 2.00 bits per heavy atom. The molecule has 0 aliphatic carbocycles. The molecule has 0 fully saturated rings. The molecule has 0 aliphatic heterocycles. The van der Waals surface area contributed by atoms with E-state index in [0.717, 1.165) is 5.56 Å². The summed E-state index contributed by atoms with van der Waals surface area (Å²) >= 11 is 0. The second-order valence-electron chi connectivity index (χ2n) is 3.99. The van der Waals surface area contributed by atoms with Crippen molar-refractivity contribution in [1.82, 2.24) is 0 Å². The van der Waals surface area contributed by atoms with Gasteiger partial charge in [-0.05, 0) is 26.0 Å². The molecule has 0 unspecified atom stereocenters. The van der Waals surface area contributed by atoms with Crippen LogP contribution in [0, 0.1) is 6.92 Å². The lowest BCUT2D eigenvalue weighted by Crippen LogP contribution is -2.21. The lowest BCUT2D eigenvalue weighted by Gasteiger charge is -2.18. The van der Waals surface area contributed by atoms with E-state index in [-0.39, 0.29) is 6.61 Å². The standard InChI is InChI=1S/C14H18O5/c1-5-18-14(16)13(19-10(3)15)11-8-9(2)6-7-12(11)17-4/h6-8,13H,5H2,1-4H3/t13-/m0/s1. The maximum absolute atomic E-state index is 11.9. The Bertz CT molecular complexity index is 467. The van der Waals surface area contributed by atoms with Crippen LogP contribution in [0.3, 0.4) is 0 Å². The predicted octanol–water partition coefficient (Wildman–Crippen LogP) is 2.17. The van der Waals surface area contributed by atoms with Crippen molar-refractivity contribution in [3.8, 4) is 5.75 Å². The van der Waals surface area contributed by atoms with E-state index in [4.69, 9.17) is 14.2 Å². The third-order valence-electron chi connectivity index (χ3n) is 2.45. The minimum atomic E-state index is -1.10. The lowest BCUT2D eigenvalue weighted by molar-refractivity contribution is -0.167. The fourth-order valence-corrected chi connectivity index (χ4v) is 1.68. The Hall–Kier alpha value is -2.04. The molecular weight excluding hydrogens is 248 g/mol. The Kier molecular flexibility index (Phi) is 5.36. The van der Waals surface area contributed by atoms with Gasteiger partial charge >= 0.3 is 11.9 Å². The number of benzene rings is 1. The summed E-state index contributed by atoms with van der Waals surface area (Å²) in [5.74, 6) is -0.687. The molecule has 1 aromatic rings. The van der Waals surface area contributed by atoms with Crippen LogP contribution in [0.5, 0.6) is 5.75 Å². The van der Waals surface area contributed by atoms with Crippen LogP contribution >= 0.6 is 0 Å². The Balaban J connectivity index is 3.19. The maximum Gasteiger partial charge on any atom is 0.352 e. The first-order chi connectivity index (χ1) is 8.99. The van der Waals surface area contributed by atoms with Gasteiger partial charge in [-0.1, -0.05) is 11.6 Å². The normalized spacial score (nSPS) is 11.6. The summed E-state index contributed by atoms with van der Waals surface area (Å²) in [7, 11) is 1.49. The van der Waals surface area contributed by atoms with Gasteiger partial charge in [-0.25, -0.2) is 4.79 Å². The molecule has 0 radical (unpaired) electrons. The van der Waals surface area contributed by atoms with Gasteiger partial charge in [0.2, 0.25) is 6.10 Å². The first kappa shape index (κ1) is 15.0. The summed E-state index contributed by atoms with van der Waals surface area (Å²) in [4.78, 5) is 23.1.